The molecule has 0 aliphatic carbocycles. The van der Waals surface area contributed by atoms with Crippen LogP contribution in [0.25, 0.3) is 0 Å². The largest absolute Gasteiger partial charge is 0.493 e. The average molecular weight is 298 g/mol. The molecule has 2 aromatic rings. The summed E-state index contributed by atoms with van der Waals surface area (Å²) in [6, 6.07) is 15.7. The molecule has 22 heavy (non-hydrogen) atoms. The number of benzene rings is 2. The highest BCUT2D eigenvalue weighted by Crippen LogP contribution is 2.27. The van der Waals surface area contributed by atoms with Gasteiger partial charge in [-0.3, -0.25) is 4.79 Å². The molecule has 0 radical (unpaired) electrons. The number of aryl methyl sites for hydroxylation is 1. The molecule has 0 atom stereocenters. The number of methoxy groups -OCH3 is 1. The number of carbonyl (C=O) groups is 1. The van der Waals surface area contributed by atoms with Gasteiger partial charge in [-0.15, -0.1) is 0 Å². The lowest BCUT2D eigenvalue weighted by atomic mass is 10.1. The third-order valence-electron chi connectivity index (χ3n) is 3.53. The second kappa shape index (κ2) is 8.88. The summed E-state index contributed by atoms with van der Waals surface area (Å²) >= 11 is 0. The maximum atomic E-state index is 10.7. The first kappa shape index (κ1) is 16.1. The van der Waals surface area contributed by atoms with Crippen LogP contribution in [0.3, 0.4) is 0 Å². The molecule has 3 nitrogen and oxygen atoms in total. The molecule has 0 bridgehead atoms. The Morgan fingerprint density at radius 3 is 2.50 bits per heavy atom. The molecule has 116 valence electrons. The Morgan fingerprint density at radius 2 is 1.77 bits per heavy atom. The van der Waals surface area contributed by atoms with E-state index in [0.717, 1.165) is 32.0 Å². The maximum Gasteiger partial charge on any atom is 0.161 e. The van der Waals surface area contributed by atoms with Crippen molar-refractivity contribution in [2.75, 3.05) is 13.7 Å². The Hall–Kier alpha value is -2.29. The van der Waals surface area contributed by atoms with Crippen LogP contribution in [0.15, 0.2) is 48.5 Å². The molecule has 0 aromatic heterocycles. The van der Waals surface area contributed by atoms with Crippen molar-refractivity contribution in [1.82, 2.24) is 0 Å². The van der Waals surface area contributed by atoms with Crippen LogP contribution in [-0.2, 0) is 6.42 Å². The van der Waals surface area contributed by atoms with Gasteiger partial charge in [0, 0.05) is 5.56 Å². The van der Waals surface area contributed by atoms with Gasteiger partial charge in [0.25, 0.3) is 0 Å². The number of hydrogen-bond donors (Lipinski definition) is 0. The quantitative estimate of drug-likeness (QED) is 0.511. The van der Waals surface area contributed by atoms with E-state index in [2.05, 4.69) is 24.3 Å². The van der Waals surface area contributed by atoms with Crippen LogP contribution in [0.1, 0.15) is 35.2 Å². The monoisotopic (exact) mass is 298 g/mol. The van der Waals surface area contributed by atoms with Crippen molar-refractivity contribution in [3.63, 3.8) is 0 Å². The summed E-state index contributed by atoms with van der Waals surface area (Å²) in [5, 5.41) is 0. The summed E-state index contributed by atoms with van der Waals surface area (Å²) in [5.41, 5.74) is 1.97. The Morgan fingerprint density at radius 1 is 0.955 bits per heavy atom. The van der Waals surface area contributed by atoms with E-state index in [1.807, 2.05) is 6.07 Å². The fourth-order valence-electron chi connectivity index (χ4n) is 2.31. The third-order valence-corrected chi connectivity index (χ3v) is 3.53. The van der Waals surface area contributed by atoms with E-state index in [9.17, 15) is 4.79 Å². The highest BCUT2D eigenvalue weighted by molar-refractivity contribution is 5.76. The summed E-state index contributed by atoms with van der Waals surface area (Å²) in [6.07, 6.45) is 5.21. The average Bonchev–Trinajstić information content (AvgIpc) is 2.59. The SMILES string of the molecule is COc1cc(C=O)ccc1OCCCCCc1ccccc1. The fraction of sp³-hybridized carbons (Fsp3) is 0.316. The predicted molar refractivity (Wildman–Crippen MR) is 87.9 cm³/mol. The van der Waals surface area contributed by atoms with E-state index in [-0.39, 0.29) is 0 Å². The first-order valence-electron chi connectivity index (χ1n) is 7.63. The Balaban J connectivity index is 1.69. The van der Waals surface area contributed by atoms with Crippen molar-refractivity contribution in [1.29, 1.82) is 0 Å². The smallest absolute Gasteiger partial charge is 0.161 e. The van der Waals surface area contributed by atoms with E-state index in [4.69, 9.17) is 9.47 Å². The summed E-state index contributed by atoms with van der Waals surface area (Å²) in [5.74, 6) is 1.30. The zero-order valence-electron chi connectivity index (χ0n) is 13.0. The van der Waals surface area contributed by atoms with Gasteiger partial charge in [0.15, 0.2) is 11.5 Å². The number of unbranched alkanes of at least 4 members (excludes halogenated alkanes) is 2. The summed E-state index contributed by atoms with van der Waals surface area (Å²) < 4.78 is 11.0. The number of ether oxygens (including phenoxy) is 2. The topological polar surface area (TPSA) is 35.5 Å². The molecule has 0 heterocycles. The van der Waals surface area contributed by atoms with Crippen molar-refractivity contribution < 1.29 is 14.3 Å². The van der Waals surface area contributed by atoms with Gasteiger partial charge < -0.3 is 9.47 Å². The standard InChI is InChI=1S/C19H22O3/c1-21-19-14-17(15-20)11-12-18(19)22-13-7-3-6-10-16-8-4-2-5-9-16/h2,4-5,8-9,11-12,14-15H,3,6-7,10,13H2,1H3. The van der Waals surface area contributed by atoms with E-state index in [0.29, 0.717) is 23.7 Å². The van der Waals surface area contributed by atoms with Crippen molar-refractivity contribution >= 4 is 6.29 Å². The van der Waals surface area contributed by atoms with Gasteiger partial charge in [-0.25, -0.2) is 0 Å². The van der Waals surface area contributed by atoms with Gasteiger partial charge in [0.05, 0.1) is 13.7 Å². The molecule has 0 saturated carbocycles. The molecule has 3 heteroatoms. The van der Waals surface area contributed by atoms with Crippen LogP contribution >= 0.6 is 0 Å². The first-order chi connectivity index (χ1) is 10.8. The molecule has 2 aromatic carbocycles. The zero-order chi connectivity index (χ0) is 15.6. The van der Waals surface area contributed by atoms with Gasteiger partial charge in [-0.1, -0.05) is 30.3 Å². The number of aldehydes is 1. The highest BCUT2D eigenvalue weighted by Gasteiger charge is 2.05. The highest BCUT2D eigenvalue weighted by atomic mass is 16.5. The summed E-state index contributed by atoms with van der Waals surface area (Å²) in [4.78, 5) is 10.7. The minimum absolute atomic E-state index is 0.590. The van der Waals surface area contributed by atoms with Crippen molar-refractivity contribution in [3.8, 4) is 11.5 Å². The molecule has 0 saturated heterocycles. The van der Waals surface area contributed by atoms with Crippen molar-refractivity contribution in [2.24, 2.45) is 0 Å². The zero-order valence-corrected chi connectivity index (χ0v) is 13.0. The number of hydrogen-bond acceptors (Lipinski definition) is 3. The Labute approximate surface area is 131 Å². The van der Waals surface area contributed by atoms with Crippen LogP contribution < -0.4 is 9.47 Å². The van der Waals surface area contributed by atoms with Crippen molar-refractivity contribution in [2.45, 2.75) is 25.7 Å². The molecular weight excluding hydrogens is 276 g/mol. The second-order valence-corrected chi connectivity index (χ2v) is 5.17. The van der Waals surface area contributed by atoms with Gasteiger partial charge in [-0.2, -0.15) is 0 Å². The third kappa shape index (κ3) is 4.92. The summed E-state index contributed by atoms with van der Waals surface area (Å²) in [6.45, 7) is 0.658. The van der Waals surface area contributed by atoms with Gasteiger partial charge >= 0.3 is 0 Å². The minimum Gasteiger partial charge on any atom is -0.493 e. The van der Waals surface area contributed by atoms with Gasteiger partial charge in [-0.05, 0) is 49.4 Å². The van der Waals surface area contributed by atoms with Crippen molar-refractivity contribution in [3.05, 3.63) is 59.7 Å². The summed E-state index contributed by atoms with van der Waals surface area (Å²) in [7, 11) is 1.58. The Bertz CT molecular complexity index is 578. The van der Waals surface area contributed by atoms with Crippen LogP contribution in [0, 0.1) is 0 Å². The maximum absolute atomic E-state index is 10.7. The van der Waals surface area contributed by atoms with Gasteiger partial charge in [0.2, 0.25) is 0 Å². The molecule has 0 aliphatic heterocycles. The van der Waals surface area contributed by atoms with Crippen LogP contribution in [0.2, 0.25) is 0 Å². The number of rotatable bonds is 9. The molecule has 0 unspecified atom stereocenters. The molecule has 2 rings (SSSR count). The molecule has 0 aliphatic rings. The van der Waals surface area contributed by atoms with Crippen LogP contribution in [0.4, 0.5) is 0 Å². The Kier molecular flexibility index (Phi) is 6.49. The lowest BCUT2D eigenvalue weighted by molar-refractivity contribution is 0.112. The lowest BCUT2D eigenvalue weighted by Crippen LogP contribution is -2.00. The van der Waals surface area contributed by atoms with E-state index in [1.165, 1.54) is 5.56 Å². The van der Waals surface area contributed by atoms with Gasteiger partial charge in [0.1, 0.15) is 6.29 Å². The number of carbonyl (C=O) groups excluding carboxylic acids is 1. The fourth-order valence-corrected chi connectivity index (χ4v) is 2.31. The van der Waals surface area contributed by atoms with Crippen LogP contribution in [0.5, 0.6) is 11.5 Å². The lowest BCUT2D eigenvalue weighted by Gasteiger charge is -2.11. The van der Waals surface area contributed by atoms with E-state index >= 15 is 0 Å². The van der Waals surface area contributed by atoms with Crippen LogP contribution in [-0.4, -0.2) is 20.0 Å². The molecule has 0 N–H and O–H groups in total. The van der Waals surface area contributed by atoms with E-state index in [1.54, 1.807) is 25.3 Å². The molecule has 0 fully saturated rings. The first-order valence-corrected chi connectivity index (χ1v) is 7.63. The molecule has 0 spiro atoms. The minimum atomic E-state index is 0.590. The molecule has 0 amide bonds. The predicted octanol–water partition coefficient (Wildman–Crippen LogP) is 4.30. The second-order valence-electron chi connectivity index (χ2n) is 5.17. The van der Waals surface area contributed by atoms with E-state index < -0.39 is 0 Å². The molecular formula is C19H22O3. The normalized spacial score (nSPS) is 10.2.